The van der Waals surface area contributed by atoms with E-state index in [1.807, 2.05) is 0 Å². The Hall–Kier alpha value is -2.84. The number of aromatic hydroxyl groups is 1. The highest BCUT2D eigenvalue weighted by molar-refractivity contribution is 9.10. The lowest BCUT2D eigenvalue weighted by Gasteiger charge is -2.26. The highest BCUT2D eigenvalue weighted by Gasteiger charge is 2.36. The maximum Gasteiger partial charge on any atom is 0.335 e. The third-order valence-electron chi connectivity index (χ3n) is 3.85. The van der Waals surface area contributed by atoms with Crippen molar-refractivity contribution in [2.75, 3.05) is 11.5 Å². The molecule has 144 valence electrons. The highest BCUT2D eigenvalue weighted by Crippen LogP contribution is 2.36. The lowest BCUT2D eigenvalue weighted by molar-refractivity contribution is -0.122. The molecule has 28 heavy (non-hydrogen) atoms. The van der Waals surface area contributed by atoms with Crippen molar-refractivity contribution in [2.45, 2.75) is 6.92 Å². The summed E-state index contributed by atoms with van der Waals surface area (Å²) in [6.07, 6.45) is 1.32. The molecule has 0 radical (unpaired) electrons. The Kier molecular flexibility index (Phi) is 5.71. The third kappa shape index (κ3) is 3.88. The number of imide groups is 2. The van der Waals surface area contributed by atoms with Gasteiger partial charge >= 0.3 is 6.03 Å². The van der Waals surface area contributed by atoms with Crippen LogP contribution in [0.1, 0.15) is 12.5 Å². The number of carbonyl (C=O) groups is 3. The maximum absolute atomic E-state index is 12.8. The van der Waals surface area contributed by atoms with Gasteiger partial charge in [0.1, 0.15) is 5.57 Å². The highest BCUT2D eigenvalue weighted by atomic mass is 79.9. The molecule has 1 aliphatic heterocycles. The molecule has 3 rings (SSSR count). The molecule has 1 saturated heterocycles. The summed E-state index contributed by atoms with van der Waals surface area (Å²) >= 11 is 9.05. The van der Waals surface area contributed by atoms with Crippen molar-refractivity contribution in [1.82, 2.24) is 5.32 Å². The van der Waals surface area contributed by atoms with Crippen LogP contribution in [0.4, 0.5) is 10.5 Å². The number of amides is 4. The van der Waals surface area contributed by atoms with Crippen LogP contribution in [0.2, 0.25) is 5.02 Å². The van der Waals surface area contributed by atoms with Gasteiger partial charge in [-0.1, -0.05) is 11.6 Å². The molecule has 4 amide bonds. The van der Waals surface area contributed by atoms with Crippen molar-refractivity contribution >= 4 is 57.1 Å². The molecule has 1 aliphatic rings. The Bertz CT molecular complexity index is 1000. The van der Waals surface area contributed by atoms with E-state index in [0.29, 0.717) is 21.7 Å². The number of nitrogens with zero attached hydrogens (tertiary/aromatic N) is 1. The van der Waals surface area contributed by atoms with Crippen LogP contribution in [0, 0.1) is 0 Å². The second kappa shape index (κ2) is 8.04. The Balaban J connectivity index is 2.03. The van der Waals surface area contributed by atoms with E-state index in [4.69, 9.17) is 16.3 Å². The first-order chi connectivity index (χ1) is 13.3. The normalized spacial score (nSPS) is 15.8. The Labute approximate surface area is 173 Å². The predicted octanol–water partition coefficient (Wildman–Crippen LogP) is 3.87. The van der Waals surface area contributed by atoms with E-state index in [9.17, 15) is 19.5 Å². The molecule has 2 aromatic carbocycles. The molecule has 2 N–H and O–H groups in total. The number of phenolic OH excluding ortho intramolecular Hbond substituents is 1. The van der Waals surface area contributed by atoms with Gasteiger partial charge in [0.2, 0.25) is 0 Å². The molecule has 1 heterocycles. The standard InChI is InChI=1S/C19H14BrClN2O5/c1-2-28-15-9-10(8-14(20)16(15)24)7-13-17(25)22-19(27)23(18(13)26)12-5-3-11(21)4-6-12/h3-9,24H,2H2,1H3,(H,22,25,27)/b13-7+. The van der Waals surface area contributed by atoms with Crippen LogP contribution in [0.25, 0.3) is 6.08 Å². The lowest BCUT2D eigenvalue weighted by Crippen LogP contribution is -2.54. The van der Waals surface area contributed by atoms with Gasteiger partial charge in [-0.3, -0.25) is 14.9 Å². The SMILES string of the molecule is CCOc1cc(/C=C2\C(=O)NC(=O)N(c3ccc(Cl)cc3)C2=O)cc(Br)c1O. The summed E-state index contributed by atoms with van der Waals surface area (Å²) in [4.78, 5) is 38.1. The summed E-state index contributed by atoms with van der Waals surface area (Å²) in [5.74, 6) is -1.50. The number of hydrogen-bond acceptors (Lipinski definition) is 5. The quantitative estimate of drug-likeness (QED) is 0.528. The van der Waals surface area contributed by atoms with Gasteiger partial charge < -0.3 is 9.84 Å². The zero-order valence-electron chi connectivity index (χ0n) is 14.5. The minimum atomic E-state index is -0.851. The maximum atomic E-state index is 12.8. The minimum absolute atomic E-state index is 0.0959. The predicted molar refractivity (Wildman–Crippen MR) is 107 cm³/mol. The van der Waals surface area contributed by atoms with Gasteiger partial charge in [0.15, 0.2) is 11.5 Å². The van der Waals surface area contributed by atoms with Crippen molar-refractivity contribution in [1.29, 1.82) is 0 Å². The topological polar surface area (TPSA) is 95.9 Å². The van der Waals surface area contributed by atoms with E-state index in [1.165, 1.54) is 42.5 Å². The molecule has 9 heteroatoms. The van der Waals surface area contributed by atoms with Crippen LogP contribution < -0.4 is 15.0 Å². The van der Waals surface area contributed by atoms with E-state index < -0.39 is 17.8 Å². The average molecular weight is 466 g/mol. The van der Waals surface area contributed by atoms with E-state index in [2.05, 4.69) is 21.2 Å². The summed E-state index contributed by atoms with van der Waals surface area (Å²) in [5.41, 5.74) is 0.457. The fraction of sp³-hybridized carbons (Fsp3) is 0.105. The van der Waals surface area contributed by atoms with Gasteiger partial charge in [-0.25, -0.2) is 9.69 Å². The van der Waals surface area contributed by atoms with Crippen molar-refractivity contribution in [3.63, 3.8) is 0 Å². The van der Waals surface area contributed by atoms with Gasteiger partial charge in [0.25, 0.3) is 11.8 Å². The van der Waals surface area contributed by atoms with Crippen molar-refractivity contribution < 1.29 is 24.2 Å². The molecule has 0 atom stereocenters. The van der Waals surface area contributed by atoms with Crippen LogP contribution in [-0.2, 0) is 9.59 Å². The second-order valence-electron chi connectivity index (χ2n) is 5.72. The number of carbonyl (C=O) groups excluding carboxylic acids is 3. The molecule has 0 saturated carbocycles. The van der Waals surface area contributed by atoms with E-state index in [0.717, 1.165) is 4.90 Å². The third-order valence-corrected chi connectivity index (χ3v) is 4.70. The summed E-state index contributed by atoms with van der Waals surface area (Å²) in [6.45, 7) is 2.07. The molecule has 7 nitrogen and oxygen atoms in total. The summed E-state index contributed by atoms with van der Waals surface area (Å²) in [7, 11) is 0. The van der Waals surface area contributed by atoms with Crippen LogP contribution in [0.3, 0.4) is 0 Å². The molecule has 2 aromatic rings. The Morgan fingerprint density at radius 3 is 2.54 bits per heavy atom. The number of anilines is 1. The number of phenols is 1. The zero-order chi connectivity index (χ0) is 20.4. The Morgan fingerprint density at radius 1 is 1.21 bits per heavy atom. The van der Waals surface area contributed by atoms with Gasteiger partial charge in [0.05, 0.1) is 16.8 Å². The number of halogens is 2. The second-order valence-corrected chi connectivity index (χ2v) is 7.01. The van der Waals surface area contributed by atoms with E-state index >= 15 is 0 Å². The fourth-order valence-corrected chi connectivity index (χ4v) is 3.18. The van der Waals surface area contributed by atoms with E-state index in [-0.39, 0.29) is 22.8 Å². The average Bonchev–Trinajstić information content (AvgIpc) is 2.64. The number of rotatable bonds is 4. The number of benzene rings is 2. The number of ether oxygens (including phenoxy) is 1. The van der Waals surface area contributed by atoms with Crippen LogP contribution in [0.15, 0.2) is 46.4 Å². The molecule has 0 aromatic heterocycles. The largest absolute Gasteiger partial charge is 0.503 e. The zero-order valence-corrected chi connectivity index (χ0v) is 16.9. The fourth-order valence-electron chi connectivity index (χ4n) is 2.59. The van der Waals surface area contributed by atoms with Crippen LogP contribution >= 0.6 is 27.5 Å². The lowest BCUT2D eigenvalue weighted by atomic mass is 10.1. The van der Waals surface area contributed by atoms with Crippen molar-refractivity contribution in [2.24, 2.45) is 0 Å². The molecular formula is C19H14BrClN2O5. The first kappa shape index (κ1) is 19.9. The van der Waals surface area contributed by atoms with Crippen LogP contribution in [-0.4, -0.2) is 29.6 Å². The molecule has 0 spiro atoms. The number of urea groups is 1. The van der Waals surface area contributed by atoms with Gasteiger partial charge in [-0.2, -0.15) is 0 Å². The minimum Gasteiger partial charge on any atom is -0.503 e. The molecular weight excluding hydrogens is 452 g/mol. The number of nitrogens with one attached hydrogen (secondary N) is 1. The van der Waals surface area contributed by atoms with Gasteiger partial charge in [-0.15, -0.1) is 0 Å². The first-order valence-electron chi connectivity index (χ1n) is 8.14. The molecule has 0 bridgehead atoms. The summed E-state index contributed by atoms with van der Waals surface area (Å²) in [5, 5.41) is 12.6. The van der Waals surface area contributed by atoms with Gasteiger partial charge in [-0.05, 0) is 70.9 Å². The number of hydrogen-bond donors (Lipinski definition) is 2. The van der Waals surface area contributed by atoms with Crippen molar-refractivity contribution in [3.05, 3.63) is 57.0 Å². The van der Waals surface area contributed by atoms with E-state index in [1.54, 1.807) is 6.92 Å². The molecule has 0 aliphatic carbocycles. The Morgan fingerprint density at radius 2 is 1.89 bits per heavy atom. The monoisotopic (exact) mass is 464 g/mol. The number of barbiturate groups is 1. The smallest absolute Gasteiger partial charge is 0.335 e. The molecule has 0 unspecified atom stereocenters. The summed E-state index contributed by atoms with van der Waals surface area (Å²) < 4.78 is 5.68. The molecule has 1 fully saturated rings. The van der Waals surface area contributed by atoms with Crippen LogP contribution in [0.5, 0.6) is 11.5 Å². The first-order valence-corrected chi connectivity index (χ1v) is 9.31. The van der Waals surface area contributed by atoms with Crippen molar-refractivity contribution in [3.8, 4) is 11.5 Å². The van der Waals surface area contributed by atoms with Gasteiger partial charge in [0, 0.05) is 5.02 Å². The summed E-state index contributed by atoms with van der Waals surface area (Å²) in [6, 6.07) is 8.21.